The van der Waals surface area contributed by atoms with Crippen molar-refractivity contribution in [2.75, 3.05) is 6.54 Å². The van der Waals surface area contributed by atoms with Crippen LogP contribution in [0.1, 0.15) is 124 Å². The molecule has 3 aliphatic rings. The first-order chi connectivity index (χ1) is 19.2. The molecule has 9 heteroatoms. The van der Waals surface area contributed by atoms with Gasteiger partial charge in [-0.3, -0.25) is 4.90 Å². The number of hydrogen-bond donors (Lipinski definition) is 0. The average Bonchev–Trinajstić information content (AvgIpc) is 3.57. The van der Waals surface area contributed by atoms with Crippen molar-refractivity contribution in [3.05, 3.63) is 59.2 Å². The van der Waals surface area contributed by atoms with E-state index in [0.29, 0.717) is 36.9 Å². The molecule has 2 bridgehead atoms. The van der Waals surface area contributed by atoms with E-state index in [1.807, 2.05) is 13.0 Å². The van der Waals surface area contributed by atoms with Crippen LogP contribution in [-0.4, -0.2) is 59.0 Å². The summed E-state index contributed by atoms with van der Waals surface area (Å²) in [5, 5.41) is 18.0. The van der Waals surface area contributed by atoms with E-state index in [1.165, 1.54) is 18.4 Å². The van der Waals surface area contributed by atoms with Crippen molar-refractivity contribution in [1.29, 1.82) is 0 Å². The van der Waals surface area contributed by atoms with Gasteiger partial charge in [0.1, 0.15) is 23.3 Å². The fourth-order valence-corrected chi connectivity index (χ4v) is 7.79. The fraction of sp³-hybridized carbons (Fsp3) is 0.677. The largest absolute Gasteiger partial charge is 0.312 e. The van der Waals surface area contributed by atoms with Crippen molar-refractivity contribution in [2.45, 2.75) is 127 Å². The second-order valence-corrected chi connectivity index (χ2v) is 12.7. The summed E-state index contributed by atoms with van der Waals surface area (Å²) in [7, 11) is 0. The molecule has 0 radical (unpaired) electrons. The summed E-state index contributed by atoms with van der Waals surface area (Å²) in [5.74, 6) is 1.72. The molecule has 0 amide bonds. The number of nitrogens with zero attached hydrogens (tertiary/aromatic N) is 7. The number of alkyl halides is 2. The molecule has 7 nitrogen and oxygen atoms in total. The second-order valence-electron chi connectivity index (χ2n) is 12.7. The van der Waals surface area contributed by atoms with Gasteiger partial charge in [0.05, 0.1) is 6.04 Å². The minimum absolute atomic E-state index is 0.0288. The first-order valence-corrected chi connectivity index (χ1v) is 15.2. The van der Waals surface area contributed by atoms with Crippen LogP contribution in [-0.2, 0) is 0 Å². The highest BCUT2D eigenvalue weighted by Crippen LogP contribution is 2.44. The normalized spacial score (nSPS) is 26.0. The molecule has 4 heterocycles. The second kappa shape index (κ2) is 11.0. The quantitative estimate of drug-likeness (QED) is 0.310. The Morgan fingerprint density at radius 2 is 1.50 bits per heavy atom. The first-order valence-electron chi connectivity index (χ1n) is 15.2. The third-order valence-corrected chi connectivity index (χ3v) is 9.77. The van der Waals surface area contributed by atoms with Crippen molar-refractivity contribution in [1.82, 2.24) is 34.4 Å². The first kappa shape index (κ1) is 27.5. The molecule has 0 spiro atoms. The van der Waals surface area contributed by atoms with E-state index in [4.69, 9.17) is 0 Å². The predicted molar refractivity (Wildman–Crippen MR) is 151 cm³/mol. The standard InChI is InChI=1S/C31H43F2N7/c1-20(2)29-36-34-21(3)39(29)27-18-25-10-11-26(19-27)38(25)17-14-28(23-8-6-5-7-9-23)40-22(4)35-37-30(40)24-12-15-31(32,33)16-13-24/h5-9,20,24-28H,10-19H2,1-4H3. The highest BCUT2D eigenvalue weighted by Gasteiger charge is 2.43. The van der Waals surface area contributed by atoms with Gasteiger partial charge in [-0.2, -0.15) is 0 Å². The van der Waals surface area contributed by atoms with Crippen molar-refractivity contribution >= 4 is 0 Å². The van der Waals surface area contributed by atoms with E-state index >= 15 is 0 Å². The van der Waals surface area contributed by atoms with E-state index < -0.39 is 5.92 Å². The Kier molecular flexibility index (Phi) is 7.53. The van der Waals surface area contributed by atoms with Crippen LogP contribution in [0.3, 0.4) is 0 Å². The predicted octanol–water partition coefficient (Wildman–Crippen LogP) is 6.75. The molecule has 6 rings (SSSR count). The van der Waals surface area contributed by atoms with Gasteiger partial charge in [0.15, 0.2) is 0 Å². The summed E-state index contributed by atoms with van der Waals surface area (Å²) in [5.41, 5.74) is 1.23. The van der Waals surface area contributed by atoms with Crippen LogP contribution in [0.15, 0.2) is 30.3 Å². The molecule has 3 fully saturated rings. The van der Waals surface area contributed by atoms with E-state index in [9.17, 15) is 8.78 Å². The van der Waals surface area contributed by atoms with Crippen LogP contribution >= 0.6 is 0 Å². The van der Waals surface area contributed by atoms with Crippen LogP contribution in [0, 0.1) is 13.8 Å². The lowest BCUT2D eigenvalue weighted by Gasteiger charge is -2.41. The number of rotatable bonds is 8. The molecule has 3 aromatic rings. The fourth-order valence-electron chi connectivity index (χ4n) is 7.79. The zero-order valence-electron chi connectivity index (χ0n) is 24.3. The topological polar surface area (TPSA) is 64.7 Å². The van der Waals surface area contributed by atoms with E-state index in [2.05, 4.69) is 79.5 Å². The van der Waals surface area contributed by atoms with Crippen LogP contribution in [0.5, 0.6) is 0 Å². The number of hydrogen-bond acceptors (Lipinski definition) is 5. The molecular weight excluding hydrogens is 508 g/mol. The molecule has 3 unspecified atom stereocenters. The monoisotopic (exact) mass is 551 g/mol. The maximum absolute atomic E-state index is 14.0. The molecule has 0 N–H and O–H groups in total. The van der Waals surface area contributed by atoms with Crippen molar-refractivity contribution < 1.29 is 8.78 Å². The Bertz CT molecular complexity index is 1280. The van der Waals surface area contributed by atoms with Gasteiger partial charge in [-0.1, -0.05) is 44.2 Å². The van der Waals surface area contributed by atoms with Gasteiger partial charge in [-0.25, -0.2) is 8.78 Å². The van der Waals surface area contributed by atoms with Gasteiger partial charge < -0.3 is 9.13 Å². The summed E-state index contributed by atoms with van der Waals surface area (Å²) in [6.07, 6.45) is 6.49. The summed E-state index contributed by atoms with van der Waals surface area (Å²) in [6, 6.07) is 12.3. The highest BCUT2D eigenvalue weighted by molar-refractivity contribution is 5.22. The molecule has 3 atom stereocenters. The number of fused-ring (bicyclic) bond motifs is 2. The van der Waals surface area contributed by atoms with Gasteiger partial charge in [0, 0.05) is 49.3 Å². The number of piperidine rings is 1. The van der Waals surface area contributed by atoms with Gasteiger partial charge >= 0.3 is 0 Å². The summed E-state index contributed by atoms with van der Waals surface area (Å²) in [6.45, 7) is 9.50. The molecule has 40 heavy (non-hydrogen) atoms. The van der Waals surface area contributed by atoms with Crippen LogP contribution in [0.4, 0.5) is 8.78 Å². The lowest BCUT2D eigenvalue weighted by molar-refractivity contribution is -0.0390. The molecule has 216 valence electrons. The molecule has 1 saturated carbocycles. The minimum atomic E-state index is -2.55. The van der Waals surface area contributed by atoms with Crippen LogP contribution in [0.25, 0.3) is 0 Å². The minimum Gasteiger partial charge on any atom is -0.312 e. The Morgan fingerprint density at radius 1 is 0.850 bits per heavy atom. The third-order valence-electron chi connectivity index (χ3n) is 9.77. The smallest absolute Gasteiger partial charge is 0.248 e. The summed E-state index contributed by atoms with van der Waals surface area (Å²) in [4.78, 5) is 2.75. The zero-order chi connectivity index (χ0) is 28.0. The zero-order valence-corrected chi connectivity index (χ0v) is 24.3. The molecule has 1 aliphatic carbocycles. The molecule has 2 saturated heterocycles. The molecule has 2 aliphatic heterocycles. The maximum Gasteiger partial charge on any atom is 0.248 e. The number of aryl methyl sites for hydroxylation is 2. The SMILES string of the molecule is Cc1nnc(C(C)C)n1C1CC2CCC(C1)N2CCC(c1ccccc1)n1c(C)nnc1C1CCC(F)(F)CC1. The van der Waals surface area contributed by atoms with Crippen LogP contribution in [0.2, 0.25) is 0 Å². The number of aromatic nitrogens is 6. The highest BCUT2D eigenvalue weighted by atomic mass is 19.3. The van der Waals surface area contributed by atoms with Gasteiger partial charge in [0.25, 0.3) is 0 Å². The van der Waals surface area contributed by atoms with Gasteiger partial charge in [0.2, 0.25) is 5.92 Å². The van der Waals surface area contributed by atoms with E-state index in [1.54, 1.807) is 0 Å². The summed E-state index contributed by atoms with van der Waals surface area (Å²) < 4.78 is 32.6. The molecular formula is C31H43F2N7. The number of halogens is 2. The van der Waals surface area contributed by atoms with Gasteiger partial charge in [-0.05, 0) is 64.4 Å². The lowest BCUT2D eigenvalue weighted by Crippen LogP contribution is -2.44. The van der Waals surface area contributed by atoms with Crippen molar-refractivity contribution in [3.63, 3.8) is 0 Å². The van der Waals surface area contributed by atoms with E-state index in [-0.39, 0.29) is 24.8 Å². The maximum atomic E-state index is 14.0. The Hall–Kier alpha value is -2.68. The van der Waals surface area contributed by atoms with Crippen molar-refractivity contribution in [2.24, 2.45) is 0 Å². The molecule has 1 aromatic carbocycles. The van der Waals surface area contributed by atoms with Crippen molar-refractivity contribution in [3.8, 4) is 0 Å². The number of benzene rings is 1. The van der Waals surface area contributed by atoms with E-state index in [0.717, 1.165) is 49.1 Å². The Morgan fingerprint density at radius 3 is 2.15 bits per heavy atom. The van der Waals surface area contributed by atoms with Crippen LogP contribution < -0.4 is 0 Å². The summed E-state index contributed by atoms with van der Waals surface area (Å²) >= 11 is 0. The third kappa shape index (κ3) is 5.21. The lowest BCUT2D eigenvalue weighted by atomic mass is 9.86. The molecule has 2 aromatic heterocycles. The Balaban J connectivity index is 1.22. The Labute approximate surface area is 236 Å². The average molecular weight is 552 g/mol. The van der Waals surface area contributed by atoms with Gasteiger partial charge in [-0.15, -0.1) is 20.4 Å².